The minimum absolute atomic E-state index is 0.502. The van der Waals surface area contributed by atoms with Gasteiger partial charge in [-0.2, -0.15) is 0 Å². The molecule has 5 heteroatoms. The Morgan fingerprint density at radius 1 is 1.38 bits per heavy atom. The third-order valence-corrected chi connectivity index (χ3v) is 5.61. The maximum Gasteiger partial charge on any atom is 0.178 e. The van der Waals surface area contributed by atoms with Crippen LogP contribution in [0.4, 0.5) is 0 Å². The van der Waals surface area contributed by atoms with Crippen LogP contribution in [-0.4, -0.2) is 27.0 Å². The lowest BCUT2D eigenvalue weighted by molar-refractivity contribution is 0.127. The first-order valence-corrected chi connectivity index (χ1v) is 8.55. The van der Waals surface area contributed by atoms with E-state index in [1.54, 1.807) is 0 Å². The molecular formula is C16H20ClN3S. The Morgan fingerprint density at radius 2 is 2.19 bits per heavy atom. The molecule has 2 aliphatic rings. The predicted molar refractivity (Wildman–Crippen MR) is 89.3 cm³/mol. The fourth-order valence-electron chi connectivity index (χ4n) is 3.65. The summed E-state index contributed by atoms with van der Waals surface area (Å²) in [5.41, 5.74) is 3.61. The van der Waals surface area contributed by atoms with E-state index >= 15 is 0 Å². The number of benzene rings is 1. The van der Waals surface area contributed by atoms with Gasteiger partial charge in [0, 0.05) is 30.7 Å². The van der Waals surface area contributed by atoms with Crippen molar-refractivity contribution in [2.75, 3.05) is 6.54 Å². The SMILES string of the molecule is C[C@H]1Cn2c(=S)[nH]c3cc(Cl)cc(c32)CN1CC1CCC1. The summed E-state index contributed by atoms with van der Waals surface area (Å²) < 4.78 is 3.06. The Bertz CT molecular complexity index is 744. The van der Waals surface area contributed by atoms with E-state index in [0.29, 0.717) is 6.04 Å². The molecule has 1 aliphatic carbocycles. The van der Waals surface area contributed by atoms with E-state index in [4.69, 9.17) is 23.8 Å². The van der Waals surface area contributed by atoms with Crippen LogP contribution in [0.25, 0.3) is 11.0 Å². The van der Waals surface area contributed by atoms with Crippen LogP contribution in [0.15, 0.2) is 12.1 Å². The summed E-state index contributed by atoms with van der Waals surface area (Å²) >= 11 is 11.8. The van der Waals surface area contributed by atoms with Gasteiger partial charge in [-0.1, -0.05) is 18.0 Å². The maximum atomic E-state index is 6.29. The zero-order valence-corrected chi connectivity index (χ0v) is 13.8. The van der Waals surface area contributed by atoms with Gasteiger partial charge >= 0.3 is 0 Å². The minimum Gasteiger partial charge on any atom is -0.331 e. The molecule has 0 amide bonds. The molecule has 3 nitrogen and oxygen atoms in total. The quantitative estimate of drug-likeness (QED) is 0.831. The van der Waals surface area contributed by atoms with Crippen LogP contribution in [0, 0.1) is 10.7 Å². The molecule has 2 heterocycles. The number of nitrogens with zero attached hydrogens (tertiary/aromatic N) is 2. The van der Waals surface area contributed by atoms with Crippen LogP contribution in [0.3, 0.4) is 0 Å². The Kier molecular flexibility index (Phi) is 3.36. The van der Waals surface area contributed by atoms with Crippen molar-refractivity contribution in [2.45, 2.75) is 45.3 Å². The van der Waals surface area contributed by atoms with Crippen molar-refractivity contribution in [3.8, 4) is 0 Å². The average molecular weight is 322 g/mol. The summed E-state index contributed by atoms with van der Waals surface area (Å²) in [7, 11) is 0. The van der Waals surface area contributed by atoms with Crippen LogP contribution >= 0.6 is 23.8 Å². The highest BCUT2D eigenvalue weighted by molar-refractivity contribution is 7.71. The lowest BCUT2D eigenvalue weighted by atomic mass is 9.85. The minimum atomic E-state index is 0.502. The zero-order valence-electron chi connectivity index (χ0n) is 12.2. The van der Waals surface area contributed by atoms with Gasteiger partial charge in [0.2, 0.25) is 0 Å². The van der Waals surface area contributed by atoms with E-state index in [2.05, 4.69) is 27.4 Å². The van der Waals surface area contributed by atoms with Crippen LogP contribution < -0.4 is 0 Å². The van der Waals surface area contributed by atoms with Gasteiger partial charge in [0.25, 0.3) is 0 Å². The summed E-state index contributed by atoms with van der Waals surface area (Å²) in [6, 6.07) is 4.59. The second-order valence-corrected chi connectivity index (χ2v) is 7.40. The van der Waals surface area contributed by atoms with Gasteiger partial charge < -0.3 is 9.55 Å². The number of H-pyrrole nitrogens is 1. The first kappa shape index (κ1) is 13.8. The second-order valence-electron chi connectivity index (χ2n) is 6.58. The first-order chi connectivity index (χ1) is 10.1. The van der Waals surface area contributed by atoms with Crippen LogP contribution in [0.5, 0.6) is 0 Å². The maximum absolute atomic E-state index is 6.29. The fourth-order valence-corrected chi connectivity index (χ4v) is 4.17. The third-order valence-electron chi connectivity index (χ3n) is 5.07. The van der Waals surface area contributed by atoms with E-state index in [1.165, 1.54) is 36.9 Å². The van der Waals surface area contributed by atoms with Crippen molar-refractivity contribution in [1.29, 1.82) is 0 Å². The Hall–Kier alpha value is -0.840. The van der Waals surface area contributed by atoms with E-state index in [9.17, 15) is 0 Å². The van der Waals surface area contributed by atoms with Crippen molar-refractivity contribution in [3.63, 3.8) is 0 Å². The van der Waals surface area contributed by atoms with Crippen LogP contribution in [0.1, 0.15) is 31.7 Å². The summed E-state index contributed by atoms with van der Waals surface area (Å²) in [5, 5.41) is 0.791. The van der Waals surface area contributed by atoms with Gasteiger partial charge in [-0.15, -0.1) is 0 Å². The van der Waals surface area contributed by atoms with E-state index in [0.717, 1.165) is 34.3 Å². The van der Waals surface area contributed by atoms with Gasteiger partial charge in [-0.25, -0.2) is 0 Å². The molecule has 1 saturated carbocycles. The molecule has 0 unspecified atom stereocenters. The van der Waals surface area contributed by atoms with Crippen molar-refractivity contribution in [1.82, 2.24) is 14.5 Å². The number of rotatable bonds is 2. The molecule has 1 atom stereocenters. The molecule has 1 N–H and O–H groups in total. The molecule has 0 bridgehead atoms. The van der Waals surface area contributed by atoms with Crippen molar-refractivity contribution < 1.29 is 0 Å². The Morgan fingerprint density at radius 3 is 2.90 bits per heavy atom. The molecule has 21 heavy (non-hydrogen) atoms. The number of aromatic amines is 1. The first-order valence-electron chi connectivity index (χ1n) is 7.77. The molecule has 0 radical (unpaired) electrons. The Balaban J connectivity index is 1.78. The highest BCUT2D eigenvalue weighted by Gasteiger charge is 2.27. The normalized spacial score (nSPS) is 23.2. The number of hydrogen-bond donors (Lipinski definition) is 1. The molecule has 1 aromatic heterocycles. The van der Waals surface area contributed by atoms with Gasteiger partial charge in [0.05, 0.1) is 11.0 Å². The molecule has 112 valence electrons. The van der Waals surface area contributed by atoms with Gasteiger partial charge in [-0.3, -0.25) is 4.90 Å². The molecule has 1 fully saturated rings. The summed E-state index contributed by atoms with van der Waals surface area (Å²) in [4.78, 5) is 5.91. The summed E-state index contributed by atoms with van der Waals surface area (Å²) in [5.74, 6) is 0.883. The zero-order chi connectivity index (χ0) is 14.6. The summed E-state index contributed by atoms with van der Waals surface area (Å²) in [6.07, 6.45) is 4.18. The number of nitrogens with one attached hydrogen (secondary N) is 1. The highest BCUT2D eigenvalue weighted by atomic mass is 35.5. The number of imidazole rings is 1. The molecular weight excluding hydrogens is 302 g/mol. The van der Waals surface area contributed by atoms with E-state index in [-0.39, 0.29) is 0 Å². The van der Waals surface area contributed by atoms with E-state index in [1.807, 2.05) is 6.07 Å². The van der Waals surface area contributed by atoms with Gasteiger partial charge in [0.1, 0.15) is 0 Å². The third kappa shape index (κ3) is 2.33. The van der Waals surface area contributed by atoms with Gasteiger partial charge in [0.15, 0.2) is 4.77 Å². The van der Waals surface area contributed by atoms with Crippen LogP contribution in [0.2, 0.25) is 5.02 Å². The average Bonchev–Trinajstić information content (AvgIpc) is 2.60. The molecule has 2 aromatic rings. The summed E-state index contributed by atoms with van der Waals surface area (Å²) in [6.45, 7) is 5.45. The molecule has 0 spiro atoms. The predicted octanol–water partition coefficient (Wildman–Crippen LogP) is 4.36. The fraction of sp³-hybridized carbons (Fsp3) is 0.562. The lowest BCUT2D eigenvalue weighted by Gasteiger charge is -2.35. The van der Waals surface area contributed by atoms with Gasteiger partial charge in [-0.05, 0) is 55.6 Å². The number of hydrogen-bond acceptors (Lipinski definition) is 2. The topological polar surface area (TPSA) is 24.0 Å². The highest BCUT2D eigenvalue weighted by Crippen LogP contribution is 2.32. The Labute approximate surface area is 134 Å². The number of halogens is 1. The van der Waals surface area contributed by atoms with Crippen molar-refractivity contribution in [2.24, 2.45) is 5.92 Å². The molecule has 1 aromatic carbocycles. The molecule has 4 rings (SSSR count). The largest absolute Gasteiger partial charge is 0.331 e. The standard InChI is InChI=1S/C16H20ClN3S/c1-10-7-20-15-12(9-19(10)8-11-3-2-4-11)5-13(17)6-14(15)18-16(20)21/h5-6,10-11H,2-4,7-9H2,1H3,(H,18,21)/t10-/m0/s1. The second kappa shape index (κ2) is 5.11. The van der Waals surface area contributed by atoms with E-state index < -0.39 is 0 Å². The monoisotopic (exact) mass is 321 g/mol. The smallest absolute Gasteiger partial charge is 0.178 e. The number of aromatic nitrogens is 2. The molecule has 0 saturated heterocycles. The molecule has 1 aliphatic heterocycles. The van der Waals surface area contributed by atoms with Crippen molar-refractivity contribution in [3.05, 3.63) is 27.5 Å². The van der Waals surface area contributed by atoms with Crippen LogP contribution in [-0.2, 0) is 13.1 Å². The van der Waals surface area contributed by atoms with Crippen molar-refractivity contribution >= 4 is 34.9 Å². The lowest BCUT2D eigenvalue weighted by Crippen LogP contribution is -2.39.